The van der Waals surface area contributed by atoms with Crippen LogP contribution in [0.5, 0.6) is 0 Å². The second-order valence-electron chi connectivity index (χ2n) is 23.5. The van der Waals surface area contributed by atoms with E-state index < -0.39 is 16.4 Å². The maximum absolute atomic E-state index is 14.6. The van der Waals surface area contributed by atoms with Crippen LogP contribution >= 0.6 is 0 Å². The molecule has 6 aliphatic carbocycles. The number of carbonyl (C=O) groups excluding carboxylic acids is 5. The van der Waals surface area contributed by atoms with Crippen LogP contribution in [0.1, 0.15) is 163 Å². The Labute approximate surface area is 374 Å². The van der Waals surface area contributed by atoms with E-state index in [0.29, 0.717) is 48.5 Å². The predicted molar refractivity (Wildman–Crippen MR) is 238 cm³/mol. The van der Waals surface area contributed by atoms with E-state index >= 15 is 0 Å². The molecule has 0 saturated heterocycles. The van der Waals surface area contributed by atoms with Crippen molar-refractivity contribution < 1.29 is 37.9 Å². The zero-order valence-corrected chi connectivity index (χ0v) is 39.9. The molecule has 1 heterocycles. The topological polar surface area (TPSA) is 155 Å². The van der Waals surface area contributed by atoms with Crippen molar-refractivity contribution in [1.82, 2.24) is 15.5 Å². The van der Waals surface area contributed by atoms with Crippen LogP contribution in [0.4, 0.5) is 0 Å². The molecule has 1 aromatic carbocycles. The zero-order chi connectivity index (χ0) is 45.9. The van der Waals surface area contributed by atoms with Gasteiger partial charge in [0.2, 0.25) is 17.7 Å². The van der Waals surface area contributed by atoms with E-state index in [0.717, 1.165) is 56.1 Å². The maximum atomic E-state index is 14.6. The molecule has 8 rings (SSSR count). The number of esters is 1. The third-order valence-electron chi connectivity index (χ3n) is 18.9. The smallest absolute Gasteiger partial charge is 0.310 e. The van der Waals surface area contributed by atoms with E-state index in [2.05, 4.69) is 64.0 Å². The Kier molecular flexibility index (Phi) is 11.0. The number of aryl methyl sites for hydroxylation is 1. The van der Waals surface area contributed by atoms with Gasteiger partial charge in [-0.25, -0.2) is 0 Å². The first kappa shape index (κ1) is 45.4. The van der Waals surface area contributed by atoms with E-state index in [9.17, 15) is 24.0 Å². The van der Waals surface area contributed by atoms with Crippen LogP contribution in [-0.2, 0) is 28.7 Å². The Morgan fingerprint density at radius 2 is 1.57 bits per heavy atom. The highest BCUT2D eigenvalue weighted by Gasteiger charge is 2.70. The number of hydrogen-bond acceptors (Lipinski definition) is 10. The summed E-state index contributed by atoms with van der Waals surface area (Å²) in [6.45, 7) is 26.3. The summed E-state index contributed by atoms with van der Waals surface area (Å²) < 4.78 is 17.3. The number of fused-ring (bicyclic) bond motifs is 7. The van der Waals surface area contributed by atoms with Crippen molar-refractivity contribution >= 4 is 29.9 Å². The summed E-state index contributed by atoms with van der Waals surface area (Å²) in [6.07, 6.45) is 7.80. The van der Waals surface area contributed by atoms with Gasteiger partial charge in [-0.3, -0.25) is 24.0 Å². The molecule has 0 unspecified atom stereocenters. The fourth-order valence-corrected chi connectivity index (χ4v) is 14.9. The molecule has 342 valence electrons. The second-order valence-corrected chi connectivity index (χ2v) is 23.5. The molecule has 10 atom stereocenters. The van der Waals surface area contributed by atoms with Gasteiger partial charge in [-0.2, -0.15) is 0 Å². The van der Waals surface area contributed by atoms with Crippen molar-refractivity contribution in [3.8, 4) is 11.5 Å². The number of carbonyl (C=O) groups is 5. The molecule has 0 spiro atoms. The number of nitrogens with zero attached hydrogens (tertiary/aromatic N) is 2. The molecule has 1 amide bonds. The molecule has 2 aromatic rings. The van der Waals surface area contributed by atoms with Crippen molar-refractivity contribution in [3.05, 3.63) is 46.9 Å². The van der Waals surface area contributed by atoms with Gasteiger partial charge in [0.25, 0.3) is 6.47 Å². The van der Waals surface area contributed by atoms with Crippen LogP contribution in [-0.4, -0.2) is 57.9 Å². The molecule has 63 heavy (non-hydrogen) atoms. The standard InChI is InChI=1S/C52H71N3O8/c1-29(2)41-36(58)27-52(53-45(60)46(4,5)26-35(57)31-13-15-32(16-14-31)43-55-54-30(3)62-43)24-23-50(11)33(42(41)52)17-18-38-49(10)21-20-39(48(8,9)37(49)19-22-51(38,50)12)63-44(59)34-25-40(61-28-56)47(34,6)7/h13-16,28-29,33-34,37-40H,17-27H2,1-12H3,(H,53,60)/t33-,34-,37+,38-,39+,40-,49+,50-,51-,52-/m1/s1. The van der Waals surface area contributed by atoms with Crippen LogP contribution in [0.3, 0.4) is 0 Å². The van der Waals surface area contributed by atoms with Gasteiger partial charge in [-0.05, 0) is 121 Å². The number of ether oxygens (including phenoxy) is 2. The summed E-state index contributed by atoms with van der Waals surface area (Å²) in [5.41, 5.74) is 0.746. The van der Waals surface area contributed by atoms with Crippen LogP contribution in [0, 0.1) is 69.0 Å². The molecular formula is C52H71N3O8. The van der Waals surface area contributed by atoms with E-state index in [4.69, 9.17) is 13.9 Å². The summed E-state index contributed by atoms with van der Waals surface area (Å²) in [6, 6.07) is 7.05. The van der Waals surface area contributed by atoms with Crippen LogP contribution < -0.4 is 5.32 Å². The molecule has 0 bridgehead atoms. The first-order chi connectivity index (χ1) is 29.4. The zero-order valence-electron chi connectivity index (χ0n) is 39.9. The molecule has 11 heteroatoms. The monoisotopic (exact) mass is 866 g/mol. The highest BCUT2D eigenvalue weighted by molar-refractivity contribution is 6.03. The van der Waals surface area contributed by atoms with Crippen molar-refractivity contribution in [2.24, 2.45) is 62.1 Å². The Morgan fingerprint density at radius 3 is 2.19 bits per heavy atom. The summed E-state index contributed by atoms with van der Waals surface area (Å²) in [5.74, 6) is 1.18. The maximum Gasteiger partial charge on any atom is 0.310 e. The van der Waals surface area contributed by atoms with Crippen molar-refractivity contribution in [1.29, 1.82) is 0 Å². The van der Waals surface area contributed by atoms with Gasteiger partial charge < -0.3 is 19.2 Å². The van der Waals surface area contributed by atoms with Gasteiger partial charge >= 0.3 is 5.97 Å². The quantitative estimate of drug-likeness (QED) is 0.131. The molecule has 6 aliphatic rings. The average molecular weight is 866 g/mol. The lowest BCUT2D eigenvalue weighted by Crippen LogP contribution is -2.67. The van der Waals surface area contributed by atoms with Gasteiger partial charge in [0.05, 0.1) is 16.9 Å². The summed E-state index contributed by atoms with van der Waals surface area (Å²) >= 11 is 0. The third-order valence-corrected chi connectivity index (χ3v) is 18.9. The Bertz CT molecular complexity index is 2230. The summed E-state index contributed by atoms with van der Waals surface area (Å²) in [7, 11) is 0. The predicted octanol–water partition coefficient (Wildman–Crippen LogP) is 9.99. The minimum absolute atomic E-state index is 0.00914. The van der Waals surface area contributed by atoms with E-state index in [-0.39, 0.29) is 87.9 Å². The largest absolute Gasteiger partial charge is 0.464 e. The fraction of sp³-hybridized carbons (Fsp3) is 0.712. The minimum atomic E-state index is -1.03. The van der Waals surface area contributed by atoms with Crippen molar-refractivity contribution in [3.63, 3.8) is 0 Å². The van der Waals surface area contributed by atoms with Crippen LogP contribution in [0.2, 0.25) is 0 Å². The lowest BCUT2D eigenvalue weighted by atomic mass is 9.33. The van der Waals surface area contributed by atoms with Gasteiger partial charge in [0.1, 0.15) is 12.2 Å². The number of nitrogens with one attached hydrogen (secondary N) is 1. The number of benzene rings is 1. The van der Waals surface area contributed by atoms with E-state index in [1.54, 1.807) is 31.2 Å². The number of amides is 1. The van der Waals surface area contributed by atoms with Crippen LogP contribution in [0.15, 0.2) is 39.8 Å². The molecule has 1 N–H and O–H groups in total. The van der Waals surface area contributed by atoms with Crippen LogP contribution in [0.25, 0.3) is 11.5 Å². The second kappa shape index (κ2) is 15.2. The Hall–Kier alpha value is -4.15. The van der Waals surface area contributed by atoms with Gasteiger partial charge in [-0.15, -0.1) is 10.2 Å². The first-order valence-corrected chi connectivity index (χ1v) is 23.7. The molecule has 1 aromatic heterocycles. The SMILES string of the molecule is Cc1nnc(-c2ccc(C(=O)CC(C)(C)C(=O)N[C@@]34CC[C@]5(C)[C@H](CC[C@@H]6[C@@]7(C)CC[C@H](OC(=O)[C@H]8C[C@@H](OC=O)C8(C)C)C(C)(C)[C@@H]7CC[C@]65C)C3=C(C(C)C)C(=O)C4)cc2)o1. The van der Waals surface area contributed by atoms with E-state index in [1.807, 2.05) is 27.7 Å². The van der Waals surface area contributed by atoms with Gasteiger partial charge in [-0.1, -0.05) is 88.3 Å². The molecule has 0 radical (unpaired) electrons. The van der Waals surface area contributed by atoms with E-state index in [1.165, 1.54) is 5.57 Å². The third kappa shape index (κ3) is 6.89. The minimum Gasteiger partial charge on any atom is -0.464 e. The van der Waals surface area contributed by atoms with Crippen molar-refractivity contribution in [2.75, 3.05) is 0 Å². The van der Waals surface area contributed by atoms with Gasteiger partial charge in [0.15, 0.2) is 11.6 Å². The number of ketones is 2. The lowest BCUT2D eigenvalue weighted by Gasteiger charge is -2.72. The van der Waals surface area contributed by atoms with Gasteiger partial charge in [0, 0.05) is 41.7 Å². The average Bonchev–Trinajstić information content (AvgIpc) is 3.77. The molecule has 0 aliphatic heterocycles. The lowest BCUT2D eigenvalue weighted by molar-refractivity contribution is -0.236. The van der Waals surface area contributed by atoms with Crippen molar-refractivity contribution in [2.45, 2.75) is 171 Å². The highest BCUT2D eigenvalue weighted by Crippen LogP contribution is 2.76. The highest BCUT2D eigenvalue weighted by atomic mass is 16.6. The Balaban J connectivity index is 1.01. The normalized spacial score (nSPS) is 36.6. The number of rotatable bonds is 11. The number of hydrogen-bond donors (Lipinski definition) is 1. The number of allylic oxidation sites excluding steroid dienone is 1. The molecule has 11 nitrogen and oxygen atoms in total. The molecular weight excluding hydrogens is 795 g/mol. The number of Topliss-reactive ketones (excluding diaryl/α,β-unsaturated/α-hetero) is 2. The number of aromatic nitrogens is 2. The Morgan fingerprint density at radius 1 is 0.873 bits per heavy atom. The summed E-state index contributed by atoms with van der Waals surface area (Å²) in [4.78, 5) is 67.4. The summed E-state index contributed by atoms with van der Waals surface area (Å²) in [5, 5.41) is 11.5. The molecule has 5 saturated carbocycles. The fourth-order valence-electron chi connectivity index (χ4n) is 14.9. The molecule has 5 fully saturated rings. The first-order valence-electron chi connectivity index (χ1n) is 23.7.